The monoisotopic (exact) mass is 385 g/mol. The van der Waals surface area contributed by atoms with Gasteiger partial charge in [-0.2, -0.15) is 0 Å². The maximum atomic E-state index is 12.6. The number of piperazine rings is 1. The summed E-state index contributed by atoms with van der Waals surface area (Å²) in [5, 5.41) is 0. The summed E-state index contributed by atoms with van der Waals surface area (Å²) in [5.41, 5.74) is 0.883. The van der Waals surface area contributed by atoms with Gasteiger partial charge in [-0.05, 0) is 30.9 Å². The summed E-state index contributed by atoms with van der Waals surface area (Å²) in [6.45, 7) is 4.61. The van der Waals surface area contributed by atoms with E-state index in [9.17, 15) is 9.59 Å². The Labute approximate surface area is 167 Å². The third kappa shape index (κ3) is 4.66. The number of hydrogen-bond donors (Lipinski definition) is 0. The van der Waals surface area contributed by atoms with Gasteiger partial charge in [0.1, 0.15) is 6.10 Å². The third-order valence-corrected chi connectivity index (χ3v) is 6.32. The van der Waals surface area contributed by atoms with Crippen molar-refractivity contribution in [3.05, 3.63) is 30.3 Å². The Balaban J connectivity index is 1.21. The fourth-order valence-electron chi connectivity index (χ4n) is 4.67. The van der Waals surface area contributed by atoms with Crippen LogP contribution in [0.1, 0.15) is 38.5 Å². The minimum atomic E-state index is -0.266. The van der Waals surface area contributed by atoms with Gasteiger partial charge in [0.25, 0.3) is 0 Å². The van der Waals surface area contributed by atoms with Crippen molar-refractivity contribution in [1.29, 1.82) is 0 Å². The molecule has 1 aromatic carbocycles. The van der Waals surface area contributed by atoms with Crippen LogP contribution in [0.15, 0.2) is 30.3 Å². The van der Waals surface area contributed by atoms with Gasteiger partial charge in [0.15, 0.2) is 0 Å². The smallest absolute Gasteiger partial charge is 0.414 e. The molecule has 6 heteroatoms. The largest absolute Gasteiger partial charge is 0.443 e. The van der Waals surface area contributed by atoms with Crippen LogP contribution in [0.2, 0.25) is 0 Å². The van der Waals surface area contributed by atoms with Crippen LogP contribution in [0.4, 0.5) is 10.5 Å². The number of rotatable bonds is 5. The van der Waals surface area contributed by atoms with Gasteiger partial charge < -0.3 is 9.64 Å². The fraction of sp³-hybridized carbons (Fsp3) is 0.636. The van der Waals surface area contributed by atoms with E-state index in [1.54, 1.807) is 4.90 Å². The molecule has 2 amide bonds. The van der Waals surface area contributed by atoms with Gasteiger partial charge in [-0.15, -0.1) is 0 Å². The molecule has 3 fully saturated rings. The number of hydrogen-bond acceptors (Lipinski definition) is 4. The number of ether oxygens (including phenoxy) is 1. The predicted octanol–water partition coefficient (Wildman–Crippen LogP) is 3.13. The maximum absolute atomic E-state index is 12.6. The highest BCUT2D eigenvalue weighted by atomic mass is 16.6. The van der Waals surface area contributed by atoms with Crippen molar-refractivity contribution < 1.29 is 14.3 Å². The molecular formula is C22H31N3O3. The van der Waals surface area contributed by atoms with Crippen LogP contribution in [0.3, 0.4) is 0 Å². The molecule has 1 aliphatic carbocycles. The molecule has 152 valence electrons. The first-order valence-electron chi connectivity index (χ1n) is 10.7. The zero-order valence-electron chi connectivity index (χ0n) is 16.6. The normalized spacial score (nSPS) is 24.4. The SMILES string of the molecule is O=C(CC1CCCCC1)N1CCN(CC2CN(c3ccccc3)C(=O)O2)CC1. The number of nitrogens with zero attached hydrogens (tertiary/aromatic N) is 3. The van der Waals surface area contributed by atoms with E-state index < -0.39 is 0 Å². The van der Waals surface area contributed by atoms with Crippen LogP contribution in [-0.2, 0) is 9.53 Å². The maximum Gasteiger partial charge on any atom is 0.414 e. The van der Waals surface area contributed by atoms with Crippen molar-refractivity contribution in [2.24, 2.45) is 5.92 Å². The number of benzene rings is 1. The van der Waals surface area contributed by atoms with E-state index in [-0.39, 0.29) is 12.2 Å². The molecule has 2 aliphatic heterocycles. The first-order chi connectivity index (χ1) is 13.7. The van der Waals surface area contributed by atoms with Crippen LogP contribution in [0.5, 0.6) is 0 Å². The summed E-state index contributed by atoms with van der Waals surface area (Å²) >= 11 is 0. The lowest BCUT2D eigenvalue weighted by atomic mass is 9.86. The Kier molecular flexibility index (Phi) is 6.15. The zero-order chi connectivity index (χ0) is 19.3. The molecule has 0 N–H and O–H groups in total. The number of cyclic esters (lactones) is 1. The number of anilines is 1. The Morgan fingerprint density at radius 1 is 1.00 bits per heavy atom. The predicted molar refractivity (Wildman–Crippen MR) is 108 cm³/mol. The molecule has 2 heterocycles. The molecule has 0 bridgehead atoms. The van der Waals surface area contributed by atoms with Gasteiger partial charge in [0.05, 0.1) is 6.54 Å². The molecule has 2 saturated heterocycles. The number of carbonyl (C=O) groups is 2. The standard InChI is InChI=1S/C22H31N3O3/c26-21(15-18-7-3-1-4-8-18)24-13-11-23(12-14-24)16-20-17-25(22(27)28-20)19-9-5-2-6-10-19/h2,5-6,9-10,18,20H,1,3-4,7-8,11-17H2. The average Bonchev–Trinajstić information content (AvgIpc) is 3.10. The Hall–Kier alpha value is -2.08. The van der Waals surface area contributed by atoms with Crippen molar-refractivity contribution in [2.75, 3.05) is 44.2 Å². The topological polar surface area (TPSA) is 53.1 Å². The van der Waals surface area contributed by atoms with Crippen LogP contribution in [0.25, 0.3) is 0 Å². The van der Waals surface area contributed by atoms with E-state index in [1.807, 2.05) is 35.2 Å². The molecule has 4 rings (SSSR count). The van der Waals surface area contributed by atoms with E-state index in [0.29, 0.717) is 18.4 Å². The van der Waals surface area contributed by atoms with Gasteiger partial charge in [-0.3, -0.25) is 14.6 Å². The lowest BCUT2D eigenvalue weighted by molar-refractivity contribution is -0.134. The van der Waals surface area contributed by atoms with Crippen LogP contribution in [0, 0.1) is 5.92 Å². The molecule has 28 heavy (non-hydrogen) atoms. The number of amides is 2. The molecule has 0 aromatic heterocycles. The van der Waals surface area contributed by atoms with Crippen LogP contribution < -0.4 is 4.90 Å². The van der Waals surface area contributed by atoms with E-state index in [1.165, 1.54) is 32.1 Å². The molecule has 1 atom stereocenters. The highest BCUT2D eigenvalue weighted by Gasteiger charge is 2.34. The lowest BCUT2D eigenvalue weighted by Crippen LogP contribution is -2.51. The van der Waals surface area contributed by atoms with Crippen molar-refractivity contribution in [3.8, 4) is 0 Å². The van der Waals surface area contributed by atoms with E-state index in [0.717, 1.165) is 44.8 Å². The summed E-state index contributed by atoms with van der Waals surface area (Å²) in [4.78, 5) is 30.8. The van der Waals surface area contributed by atoms with Crippen molar-refractivity contribution in [1.82, 2.24) is 9.80 Å². The average molecular weight is 386 g/mol. The second kappa shape index (κ2) is 8.95. The van der Waals surface area contributed by atoms with Gasteiger partial charge in [0, 0.05) is 44.8 Å². The second-order valence-electron chi connectivity index (χ2n) is 8.34. The minimum Gasteiger partial charge on any atom is -0.443 e. The van der Waals surface area contributed by atoms with Crippen molar-refractivity contribution in [3.63, 3.8) is 0 Å². The number of para-hydroxylation sites is 1. The summed E-state index contributed by atoms with van der Waals surface area (Å²) in [5.74, 6) is 0.926. The molecule has 1 unspecified atom stereocenters. The molecule has 3 aliphatic rings. The van der Waals surface area contributed by atoms with Crippen LogP contribution in [-0.4, -0.2) is 67.2 Å². The lowest BCUT2D eigenvalue weighted by Gasteiger charge is -2.36. The Morgan fingerprint density at radius 3 is 2.43 bits per heavy atom. The molecule has 6 nitrogen and oxygen atoms in total. The van der Waals surface area contributed by atoms with Crippen LogP contribution >= 0.6 is 0 Å². The zero-order valence-corrected chi connectivity index (χ0v) is 16.6. The Bertz CT molecular complexity index is 667. The van der Waals surface area contributed by atoms with Gasteiger partial charge in [0.2, 0.25) is 5.91 Å². The highest BCUT2D eigenvalue weighted by molar-refractivity contribution is 5.89. The molecule has 1 aromatic rings. The molecule has 1 saturated carbocycles. The fourth-order valence-corrected chi connectivity index (χ4v) is 4.67. The van der Waals surface area contributed by atoms with E-state index in [2.05, 4.69) is 4.90 Å². The molecule has 0 spiro atoms. The van der Waals surface area contributed by atoms with Crippen molar-refractivity contribution in [2.45, 2.75) is 44.6 Å². The first-order valence-corrected chi connectivity index (χ1v) is 10.7. The van der Waals surface area contributed by atoms with E-state index in [4.69, 9.17) is 4.74 Å². The van der Waals surface area contributed by atoms with Gasteiger partial charge in [-0.1, -0.05) is 37.5 Å². The quantitative estimate of drug-likeness (QED) is 0.781. The summed E-state index contributed by atoms with van der Waals surface area (Å²) < 4.78 is 5.57. The number of carbonyl (C=O) groups excluding carboxylic acids is 2. The summed E-state index contributed by atoms with van der Waals surface area (Å²) in [6.07, 6.45) is 6.68. The van der Waals surface area contributed by atoms with Gasteiger partial charge >= 0.3 is 6.09 Å². The summed E-state index contributed by atoms with van der Waals surface area (Å²) in [7, 11) is 0. The van der Waals surface area contributed by atoms with E-state index >= 15 is 0 Å². The highest BCUT2D eigenvalue weighted by Crippen LogP contribution is 2.27. The third-order valence-electron chi connectivity index (χ3n) is 6.32. The first kappa shape index (κ1) is 19.2. The minimum absolute atomic E-state index is 0.114. The second-order valence-corrected chi connectivity index (χ2v) is 8.34. The molecule has 0 radical (unpaired) electrons. The summed E-state index contributed by atoms with van der Waals surface area (Å²) in [6, 6.07) is 9.66. The molecular weight excluding hydrogens is 354 g/mol. The van der Waals surface area contributed by atoms with Crippen molar-refractivity contribution >= 4 is 17.7 Å². The Morgan fingerprint density at radius 2 is 1.71 bits per heavy atom. The van der Waals surface area contributed by atoms with Gasteiger partial charge in [-0.25, -0.2) is 4.79 Å².